The van der Waals surface area contributed by atoms with Crippen LogP contribution in [0.15, 0.2) is 28.9 Å². The molecule has 1 fully saturated rings. The van der Waals surface area contributed by atoms with Gasteiger partial charge in [-0.25, -0.2) is 4.99 Å². The first-order valence-corrected chi connectivity index (χ1v) is 8.00. The van der Waals surface area contributed by atoms with Crippen molar-refractivity contribution in [3.8, 4) is 11.5 Å². The minimum atomic E-state index is -0.200. The molecule has 24 heavy (non-hydrogen) atoms. The van der Waals surface area contributed by atoms with Gasteiger partial charge in [-0.05, 0) is 37.6 Å². The van der Waals surface area contributed by atoms with Crippen LogP contribution in [-0.4, -0.2) is 48.9 Å². The van der Waals surface area contributed by atoms with Crippen molar-refractivity contribution in [2.75, 3.05) is 19.9 Å². The molecule has 1 amide bonds. The molecule has 0 bridgehead atoms. The molecule has 1 saturated heterocycles. The summed E-state index contributed by atoms with van der Waals surface area (Å²) in [4.78, 5) is 18.7. The van der Waals surface area contributed by atoms with Gasteiger partial charge in [0.05, 0.1) is 12.2 Å². The Hall–Kier alpha value is -2.54. The van der Waals surface area contributed by atoms with E-state index in [9.17, 15) is 4.79 Å². The predicted octanol–water partition coefficient (Wildman–Crippen LogP) is 1.35. The summed E-state index contributed by atoms with van der Waals surface area (Å²) in [7, 11) is 0. The molecule has 1 aromatic carbocycles. The maximum Gasteiger partial charge on any atom is 0.276 e. The number of ether oxygens (including phenoxy) is 3. The van der Waals surface area contributed by atoms with Crippen LogP contribution >= 0.6 is 0 Å². The zero-order valence-electron chi connectivity index (χ0n) is 13.6. The van der Waals surface area contributed by atoms with Crippen molar-refractivity contribution in [1.82, 2.24) is 10.2 Å². The summed E-state index contributed by atoms with van der Waals surface area (Å²) in [6, 6.07) is 5.55. The normalized spacial score (nSPS) is 27.4. The fraction of sp³-hybridized carbons (Fsp3) is 0.412. The number of hydrogen-bond acceptors (Lipinski definition) is 6. The van der Waals surface area contributed by atoms with E-state index in [1.54, 1.807) is 6.08 Å². The Kier molecular flexibility index (Phi) is 3.65. The van der Waals surface area contributed by atoms with Gasteiger partial charge in [0.15, 0.2) is 11.5 Å². The highest BCUT2D eigenvalue weighted by Crippen LogP contribution is 2.33. The molecule has 3 heterocycles. The second kappa shape index (κ2) is 5.83. The van der Waals surface area contributed by atoms with E-state index in [1.807, 2.05) is 32.0 Å². The highest BCUT2D eigenvalue weighted by Gasteiger charge is 2.30. The van der Waals surface area contributed by atoms with Crippen molar-refractivity contribution in [2.45, 2.75) is 26.1 Å². The number of fused-ring (bicyclic) bond motifs is 1. The molecule has 2 atom stereocenters. The van der Waals surface area contributed by atoms with Crippen LogP contribution in [-0.2, 0) is 9.53 Å². The van der Waals surface area contributed by atoms with E-state index in [2.05, 4.69) is 15.2 Å². The van der Waals surface area contributed by atoms with Crippen LogP contribution in [0, 0.1) is 0 Å². The number of benzene rings is 1. The molecular formula is C17H19N3O4. The van der Waals surface area contributed by atoms with Gasteiger partial charge in [0.25, 0.3) is 5.91 Å². The first-order valence-electron chi connectivity index (χ1n) is 8.00. The van der Waals surface area contributed by atoms with Gasteiger partial charge in [-0.1, -0.05) is 6.07 Å². The molecule has 1 aromatic rings. The fourth-order valence-electron chi connectivity index (χ4n) is 3.12. The number of hydrogen-bond donors (Lipinski definition) is 1. The SMILES string of the molecule is C[C@@H]1CN(C2=N/C(=C/c3ccc4c(c3)OCO4)C(=O)N2)C[C@@H](C)O1. The molecule has 0 saturated carbocycles. The summed E-state index contributed by atoms with van der Waals surface area (Å²) in [5.74, 6) is 1.79. The standard InChI is InChI=1S/C17H19N3O4/c1-10-7-20(8-11(2)24-10)17-18-13(16(21)19-17)5-12-3-4-14-15(6-12)23-9-22-14/h3-6,10-11H,7-9H2,1-2H3,(H,18,19,21)/b13-5+/t10-,11-/m1/s1. The molecule has 3 aliphatic rings. The Bertz CT molecular complexity index is 733. The van der Waals surface area contributed by atoms with Crippen molar-refractivity contribution in [3.05, 3.63) is 29.5 Å². The third-order valence-corrected chi connectivity index (χ3v) is 4.10. The second-order valence-electron chi connectivity index (χ2n) is 6.19. The highest BCUT2D eigenvalue weighted by atomic mass is 16.7. The first-order chi connectivity index (χ1) is 11.6. The topological polar surface area (TPSA) is 72.4 Å². The monoisotopic (exact) mass is 329 g/mol. The van der Waals surface area contributed by atoms with Crippen molar-refractivity contribution < 1.29 is 19.0 Å². The van der Waals surface area contributed by atoms with Crippen LogP contribution < -0.4 is 14.8 Å². The van der Waals surface area contributed by atoms with Gasteiger partial charge in [0.1, 0.15) is 5.70 Å². The van der Waals surface area contributed by atoms with Gasteiger partial charge in [0, 0.05) is 13.1 Å². The first kappa shape index (κ1) is 15.0. The summed E-state index contributed by atoms with van der Waals surface area (Å²) < 4.78 is 16.4. The minimum absolute atomic E-state index is 0.107. The predicted molar refractivity (Wildman–Crippen MR) is 87.7 cm³/mol. The second-order valence-corrected chi connectivity index (χ2v) is 6.19. The lowest BCUT2D eigenvalue weighted by atomic mass is 10.1. The van der Waals surface area contributed by atoms with E-state index in [4.69, 9.17) is 14.2 Å². The van der Waals surface area contributed by atoms with Crippen molar-refractivity contribution in [1.29, 1.82) is 0 Å². The zero-order valence-corrected chi connectivity index (χ0v) is 13.6. The van der Waals surface area contributed by atoms with Crippen LogP contribution in [0.4, 0.5) is 0 Å². The molecule has 1 N–H and O–H groups in total. The number of morpholine rings is 1. The molecule has 0 aliphatic carbocycles. The van der Waals surface area contributed by atoms with Crippen molar-refractivity contribution in [2.24, 2.45) is 4.99 Å². The van der Waals surface area contributed by atoms with Crippen LogP contribution in [0.2, 0.25) is 0 Å². The van der Waals surface area contributed by atoms with Gasteiger partial charge in [-0.3, -0.25) is 10.1 Å². The Morgan fingerprint density at radius 1 is 1.21 bits per heavy atom. The summed E-state index contributed by atoms with van der Waals surface area (Å²) in [6.45, 7) is 5.68. The average molecular weight is 329 g/mol. The molecule has 7 nitrogen and oxygen atoms in total. The number of guanidine groups is 1. The zero-order chi connectivity index (χ0) is 16.7. The molecule has 0 unspecified atom stereocenters. The van der Waals surface area contributed by atoms with Crippen LogP contribution in [0.1, 0.15) is 19.4 Å². The molecule has 0 aromatic heterocycles. The van der Waals surface area contributed by atoms with Crippen LogP contribution in [0.5, 0.6) is 11.5 Å². The molecule has 0 radical (unpaired) electrons. The van der Waals surface area contributed by atoms with Gasteiger partial charge >= 0.3 is 0 Å². The maximum absolute atomic E-state index is 12.2. The lowest BCUT2D eigenvalue weighted by Gasteiger charge is -2.35. The number of carbonyl (C=O) groups is 1. The summed E-state index contributed by atoms with van der Waals surface area (Å²) in [5, 5.41) is 2.84. The number of amides is 1. The summed E-state index contributed by atoms with van der Waals surface area (Å²) in [5.41, 5.74) is 1.23. The number of nitrogens with one attached hydrogen (secondary N) is 1. The lowest BCUT2D eigenvalue weighted by Crippen LogP contribution is -2.51. The number of rotatable bonds is 1. The molecule has 7 heteroatoms. The quantitative estimate of drug-likeness (QED) is 0.788. The third-order valence-electron chi connectivity index (χ3n) is 4.10. The van der Waals surface area contributed by atoms with E-state index in [0.29, 0.717) is 36.2 Å². The van der Waals surface area contributed by atoms with Gasteiger partial charge < -0.3 is 19.1 Å². The molecule has 0 spiro atoms. The number of nitrogens with zero attached hydrogens (tertiary/aromatic N) is 2. The molecule has 4 rings (SSSR count). The summed E-state index contributed by atoms with van der Waals surface area (Å²) in [6.07, 6.45) is 1.96. The minimum Gasteiger partial charge on any atom is -0.454 e. The smallest absolute Gasteiger partial charge is 0.276 e. The van der Waals surface area contributed by atoms with Gasteiger partial charge in [-0.2, -0.15) is 0 Å². The van der Waals surface area contributed by atoms with E-state index in [0.717, 1.165) is 5.56 Å². The Labute approximate surface area is 139 Å². The lowest BCUT2D eigenvalue weighted by molar-refractivity contribution is -0.115. The third kappa shape index (κ3) is 2.82. The fourth-order valence-corrected chi connectivity index (χ4v) is 3.12. The molecule has 3 aliphatic heterocycles. The summed E-state index contributed by atoms with van der Waals surface area (Å²) >= 11 is 0. The Balaban J connectivity index is 1.57. The number of aliphatic imine (C=N–C) groups is 1. The molecular weight excluding hydrogens is 310 g/mol. The highest BCUT2D eigenvalue weighted by molar-refractivity contribution is 6.13. The Morgan fingerprint density at radius 2 is 1.96 bits per heavy atom. The van der Waals surface area contributed by atoms with Gasteiger partial charge in [0.2, 0.25) is 12.8 Å². The van der Waals surface area contributed by atoms with E-state index in [1.165, 1.54) is 0 Å². The van der Waals surface area contributed by atoms with Crippen molar-refractivity contribution >= 4 is 17.9 Å². The van der Waals surface area contributed by atoms with E-state index < -0.39 is 0 Å². The Morgan fingerprint density at radius 3 is 2.75 bits per heavy atom. The average Bonchev–Trinajstić information content (AvgIpc) is 3.13. The van der Waals surface area contributed by atoms with Crippen LogP contribution in [0.3, 0.4) is 0 Å². The largest absolute Gasteiger partial charge is 0.454 e. The van der Waals surface area contributed by atoms with Crippen molar-refractivity contribution in [3.63, 3.8) is 0 Å². The van der Waals surface area contributed by atoms with E-state index >= 15 is 0 Å². The van der Waals surface area contributed by atoms with Gasteiger partial charge in [-0.15, -0.1) is 0 Å². The van der Waals surface area contributed by atoms with Crippen LogP contribution in [0.25, 0.3) is 6.08 Å². The molecule has 126 valence electrons. The number of carbonyl (C=O) groups excluding carboxylic acids is 1. The van der Waals surface area contributed by atoms with E-state index in [-0.39, 0.29) is 24.9 Å². The maximum atomic E-state index is 12.2.